The monoisotopic (exact) mass is 385 g/mol. The Kier molecular flexibility index (Phi) is 4.19. The van der Waals surface area contributed by atoms with E-state index in [0.717, 1.165) is 0 Å². The third-order valence-electron chi connectivity index (χ3n) is 4.62. The predicted molar refractivity (Wildman–Crippen MR) is 100 cm³/mol. The number of hydrogen-bond acceptors (Lipinski definition) is 4. The van der Waals surface area contributed by atoms with Crippen LogP contribution in [-0.2, 0) is 4.79 Å². The number of amides is 2. The molecule has 9 heteroatoms. The van der Waals surface area contributed by atoms with Gasteiger partial charge in [0, 0.05) is 48.9 Å². The molecule has 1 fully saturated rings. The van der Waals surface area contributed by atoms with Crippen LogP contribution in [0, 0.1) is 0 Å². The normalized spacial score (nSPS) is 16.9. The Morgan fingerprint density at radius 1 is 1.30 bits per heavy atom. The van der Waals surface area contributed by atoms with E-state index >= 15 is 0 Å². The van der Waals surface area contributed by atoms with Crippen LogP contribution in [0.2, 0.25) is 5.02 Å². The fourth-order valence-corrected chi connectivity index (χ4v) is 3.29. The number of nitrogens with zero attached hydrogens (tertiary/aromatic N) is 3. The molecular formula is C18H16ClN5O3. The molecular weight excluding hydrogens is 370 g/mol. The van der Waals surface area contributed by atoms with E-state index in [1.165, 1.54) is 16.8 Å². The zero-order chi connectivity index (χ0) is 19.1. The van der Waals surface area contributed by atoms with Crippen molar-refractivity contribution in [3.8, 4) is 0 Å². The molecule has 2 N–H and O–H groups in total. The molecule has 0 unspecified atom stereocenters. The Hall–Kier alpha value is -3.13. The lowest BCUT2D eigenvalue weighted by Crippen LogP contribution is -2.21. The van der Waals surface area contributed by atoms with Crippen LogP contribution in [0.5, 0.6) is 0 Å². The van der Waals surface area contributed by atoms with Crippen molar-refractivity contribution >= 4 is 34.7 Å². The number of H-pyrrole nitrogens is 1. The summed E-state index contributed by atoms with van der Waals surface area (Å²) in [5.41, 5.74) is 1.22. The zero-order valence-electron chi connectivity index (χ0n) is 14.4. The van der Waals surface area contributed by atoms with E-state index in [1.54, 1.807) is 36.2 Å². The first-order valence-corrected chi connectivity index (χ1v) is 8.72. The molecule has 1 aromatic carbocycles. The highest BCUT2D eigenvalue weighted by Gasteiger charge is 2.30. The average Bonchev–Trinajstić information content (AvgIpc) is 3.21. The minimum Gasteiger partial charge on any atom is -0.345 e. The first-order valence-electron chi connectivity index (χ1n) is 8.34. The number of halogens is 1. The number of fused-ring (bicyclic) bond motifs is 1. The summed E-state index contributed by atoms with van der Waals surface area (Å²) in [5.74, 6) is -0.557. The Labute approximate surface area is 158 Å². The van der Waals surface area contributed by atoms with Crippen molar-refractivity contribution < 1.29 is 9.59 Å². The highest BCUT2D eigenvalue weighted by molar-refractivity contribution is 6.30. The molecule has 3 aromatic rings. The zero-order valence-corrected chi connectivity index (χ0v) is 15.2. The van der Waals surface area contributed by atoms with Crippen molar-refractivity contribution in [2.24, 2.45) is 0 Å². The number of benzene rings is 1. The number of likely N-dealkylation sites (tertiary alicyclic amines) is 1. The SMILES string of the molecule is CN1C[C@H](c2cc(=O)n3[nH]cc(C(=O)Nc4ccc(Cl)cc4)c3n2)CC1=O. The Bertz CT molecular complexity index is 1100. The van der Waals surface area contributed by atoms with Crippen LogP contribution in [0.3, 0.4) is 0 Å². The molecule has 1 saturated heterocycles. The summed E-state index contributed by atoms with van der Waals surface area (Å²) >= 11 is 5.85. The second-order valence-corrected chi connectivity index (χ2v) is 6.94. The lowest BCUT2D eigenvalue weighted by atomic mass is 10.0. The van der Waals surface area contributed by atoms with Crippen LogP contribution in [-0.4, -0.2) is 44.9 Å². The molecule has 1 atom stereocenters. The highest BCUT2D eigenvalue weighted by Crippen LogP contribution is 2.25. The van der Waals surface area contributed by atoms with Gasteiger partial charge in [0.2, 0.25) is 5.91 Å². The van der Waals surface area contributed by atoms with Crippen molar-refractivity contribution in [1.82, 2.24) is 19.5 Å². The molecule has 138 valence electrons. The summed E-state index contributed by atoms with van der Waals surface area (Å²) in [6.45, 7) is 0.498. The van der Waals surface area contributed by atoms with Crippen LogP contribution in [0.15, 0.2) is 41.3 Å². The predicted octanol–water partition coefficient (Wildman–Crippen LogP) is 1.87. The summed E-state index contributed by atoms with van der Waals surface area (Å²) in [4.78, 5) is 42.9. The van der Waals surface area contributed by atoms with Gasteiger partial charge in [0.05, 0.1) is 5.69 Å². The van der Waals surface area contributed by atoms with Crippen molar-refractivity contribution in [1.29, 1.82) is 0 Å². The van der Waals surface area contributed by atoms with Gasteiger partial charge < -0.3 is 10.2 Å². The summed E-state index contributed by atoms with van der Waals surface area (Å²) in [6.07, 6.45) is 1.74. The van der Waals surface area contributed by atoms with Gasteiger partial charge in [-0.05, 0) is 24.3 Å². The minimum absolute atomic E-state index is 0.0109. The average molecular weight is 386 g/mol. The first-order chi connectivity index (χ1) is 12.9. The molecule has 0 radical (unpaired) electrons. The van der Waals surface area contributed by atoms with Crippen LogP contribution in [0.4, 0.5) is 5.69 Å². The number of rotatable bonds is 3. The molecule has 3 heterocycles. The lowest BCUT2D eigenvalue weighted by Gasteiger charge is -2.10. The minimum atomic E-state index is -0.403. The fourth-order valence-electron chi connectivity index (χ4n) is 3.17. The van der Waals surface area contributed by atoms with Crippen molar-refractivity contribution in [3.05, 3.63) is 63.2 Å². The van der Waals surface area contributed by atoms with Crippen LogP contribution < -0.4 is 10.9 Å². The second-order valence-electron chi connectivity index (χ2n) is 6.50. The number of carbonyl (C=O) groups excluding carboxylic acids is 2. The maximum Gasteiger partial charge on any atom is 0.272 e. The second kappa shape index (κ2) is 6.55. The van der Waals surface area contributed by atoms with Crippen LogP contribution in [0.25, 0.3) is 5.65 Å². The quantitative estimate of drug-likeness (QED) is 0.718. The van der Waals surface area contributed by atoms with Crippen LogP contribution in [0.1, 0.15) is 28.4 Å². The maximum atomic E-state index is 12.6. The molecule has 27 heavy (non-hydrogen) atoms. The van der Waals surface area contributed by atoms with E-state index in [2.05, 4.69) is 15.4 Å². The van der Waals surface area contributed by atoms with Gasteiger partial charge in [-0.3, -0.25) is 19.5 Å². The van der Waals surface area contributed by atoms with Gasteiger partial charge in [-0.15, -0.1) is 0 Å². The van der Waals surface area contributed by atoms with Gasteiger partial charge >= 0.3 is 0 Å². The number of aromatic nitrogens is 3. The van der Waals surface area contributed by atoms with E-state index < -0.39 is 5.91 Å². The van der Waals surface area contributed by atoms with Crippen LogP contribution >= 0.6 is 11.6 Å². The molecule has 0 bridgehead atoms. The number of hydrogen-bond donors (Lipinski definition) is 2. The summed E-state index contributed by atoms with van der Waals surface area (Å²) < 4.78 is 1.21. The molecule has 2 aromatic heterocycles. The first kappa shape index (κ1) is 17.3. The van der Waals surface area contributed by atoms with Gasteiger partial charge in [-0.1, -0.05) is 11.6 Å². The summed E-state index contributed by atoms with van der Waals surface area (Å²) in [7, 11) is 1.72. The largest absolute Gasteiger partial charge is 0.345 e. The summed E-state index contributed by atoms with van der Waals surface area (Å²) in [6, 6.07) is 8.10. The molecule has 0 saturated carbocycles. The van der Waals surface area contributed by atoms with Crippen molar-refractivity contribution in [2.45, 2.75) is 12.3 Å². The number of likely N-dealkylation sites (N-methyl/N-ethyl adjacent to an activating group) is 1. The van der Waals surface area contributed by atoms with E-state index in [1.807, 2.05) is 0 Å². The molecule has 2 amide bonds. The van der Waals surface area contributed by atoms with Gasteiger partial charge in [-0.25, -0.2) is 9.50 Å². The van der Waals surface area contributed by atoms with Gasteiger partial charge in [0.15, 0.2) is 5.65 Å². The third kappa shape index (κ3) is 3.19. The van der Waals surface area contributed by atoms with E-state index in [0.29, 0.717) is 29.4 Å². The van der Waals surface area contributed by atoms with Gasteiger partial charge in [-0.2, -0.15) is 0 Å². The van der Waals surface area contributed by atoms with Crippen molar-refractivity contribution in [3.63, 3.8) is 0 Å². The Balaban J connectivity index is 1.69. The maximum absolute atomic E-state index is 12.6. The smallest absolute Gasteiger partial charge is 0.272 e. The number of aromatic amines is 1. The van der Waals surface area contributed by atoms with E-state index in [9.17, 15) is 14.4 Å². The molecule has 0 aliphatic carbocycles. The number of carbonyl (C=O) groups is 2. The topological polar surface area (TPSA) is 99.6 Å². The van der Waals surface area contributed by atoms with E-state index in [-0.39, 0.29) is 28.6 Å². The number of anilines is 1. The van der Waals surface area contributed by atoms with Crippen molar-refractivity contribution in [2.75, 3.05) is 18.9 Å². The standard InChI is InChI=1S/C18H16ClN5O3/c1-23-9-10(6-15(23)25)14-7-16(26)24-17(22-14)13(8-20-24)18(27)21-12-4-2-11(19)3-5-12/h2-5,7-8,10,20H,6,9H2,1H3,(H,21,27)/t10-/m1/s1. The van der Waals surface area contributed by atoms with E-state index in [4.69, 9.17) is 11.6 Å². The molecule has 8 nitrogen and oxygen atoms in total. The van der Waals surface area contributed by atoms with Gasteiger partial charge in [0.25, 0.3) is 11.5 Å². The molecule has 4 rings (SSSR count). The fraction of sp³-hybridized carbons (Fsp3) is 0.222. The molecule has 0 spiro atoms. The molecule has 1 aliphatic rings. The van der Waals surface area contributed by atoms with Gasteiger partial charge in [0.1, 0.15) is 5.56 Å². The molecule has 1 aliphatic heterocycles. The third-order valence-corrected chi connectivity index (χ3v) is 4.88. The Morgan fingerprint density at radius 2 is 2.04 bits per heavy atom. The summed E-state index contributed by atoms with van der Waals surface area (Å²) in [5, 5.41) is 6.06. The number of nitrogens with one attached hydrogen (secondary N) is 2. The Morgan fingerprint density at radius 3 is 2.70 bits per heavy atom. The highest BCUT2D eigenvalue weighted by atomic mass is 35.5. The lowest BCUT2D eigenvalue weighted by molar-refractivity contribution is -0.126.